The molecule has 1 aliphatic rings. The maximum atomic E-state index is 12.4. The van der Waals surface area contributed by atoms with Crippen LogP contribution in [0.2, 0.25) is 0 Å². The van der Waals surface area contributed by atoms with Crippen molar-refractivity contribution >= 4 is 29.0 Å². The lowest BCUT2D eigenvalue weighted by molar-refractivity contribution is -0.274. The molecule has 0 spiro atoms. The summed E-state index contributed by atoms with van der Waals surface area (Å²) in [6.45, 7) is 1.74. The molecule has 0 aliphatic carbocycles. The van der Waals surface area contributed by atoms with Gasteiger partial charge in [0.2, 0.25) is 5.95 Å². The number of benzene rings is 2. The fourth-order valence-electron chi connectivity index (χ4n) is 3.33. The number of nitrogens with zero attached hydrogens (tertiary/aromatic N) is 3. The minimum atomic E-state index is -4.73. The van der Waals surface area contributed by atoms with Gasteiger partial charge in [-0.1, -0.05) is 0 Å². The minimum Gasteiger partial charge on any atom is -0.497 e. The number of rotatable bonds is 7. The number of nitrogens with one attached hydrogen (secondary N) is 2. The highest BCUT2D eigenvalue weighted by molar-refractivity contribution is 5.66. The molecule has 4 rings (SSSR count). The Balaban J connectivity index is 1.56. The van der Waals surface area contributed by atoms with Gasteiger partial charge < -0.3 is 25.0 Å². The SMILES string of the molecule is COc1ccc(Nc2cc(Nc3ccc(OC(F)(F)F)cc3)nc(N3CCCC3)n2)cc1. The van der Waals surface area contributed by atoms with Gasteiger partial charge >= 0.3 is 6.36 Å². The van der Waals surface area contributed by atoms with Crippen LogP contribution in [0, 0.1) is 0 Å². The molecule has 2 aromatic carbocycles. The lowest BCUT2D eigenvalue weighted by Crippen LogP contribution is -2.21. The molecule has 2 heterocycles. The van der Waals surface area contributed by atoms with Crippen molar-refractivity contribution in [1.82, 2.24) is 9.97 Å². The zero-order valence-corrected chi connectivity index (χ0v) is 17.3. The molecule has 168 valence electrons. The molecule has 2 N–H and O–H groups in total. The van der Waals surface area contributed by atoms with Crippen LogP contribution in [0.3, 0.4) is 0 Å². The first kappa shape index (κ1) is 21.5. The Morgan fingerprint density at radius 2 is 1.31 bits per heavy atom. The van der Waals surface area contributed by atoms with E-state index < -0.39 is 6.36 Å². The molecule has 0 amide bonds. The zero-order chi connectivity index (χ0) is 22.6. The van der Waals surface area contributed by atoms with Crippen molar-refractivity contribution in [3.8, 4) is 11.5 Å². The van der Waals surface area contributed by atoms with Gasteiger partial charge in [-0.15, -0.1) is 13.2 Å². The minimum absolute atomic E-state index is 0.287. The Bertz CT molecular complexity index is 1040. The average molecular weight is 445 g/mol. The maximum absolute atomic E-state index is 12.4. The van der Waals surface area contributed by atoms with Gasteiger partial charge in [-0.25, -0.2) is 0 Å². The van der Waals surface area contributed by atoms with Crippen LogP contribution in [0.15, 0.2) is 54.6 Å². The number of hydrogen-bond acceptors (Lipinski definition) is 7. The number of ether oxygens (including phenoxy) is 2. The predicted octanol–water partition coefficient (Wildman–Crippen LogP) is 5.47. The van der Waals surface area contributed by atoms with Crippen LogP contribution in [0.25, 0.3) is 0 Å². The Hall–Kier alpha value is -3.69. The third-order valence-electron chi connectivity index (χ3n) is 4.83. The van der Waals surface area contributed by atoms with Crippen LogP contribution in [-0.2, 0) is 0 Å². The predicted molar refractivity (Wildman–Crippen MR) is 116 cm³/mol. The van der Waals surface area contributed by atoms with E-state index in [1.807, 2.05) is 24.3 Å². The molecule has 32 heavy (non-hydrogen) atoms. The van der Waals surface area contributed by atoms with Crippen LogP contribution >= 0.6 is 0 Å². The molecule has 7 nitrogen and oxygen atoms in total. The number of methoxy groups -OCH3 is 1. The normalized spacial score (nSPS) is 13.7. The third-order valence-corrected chi connectivity index (χ3v) is 4.83. The first-order chi connectivity index (χ1) is 15.4. The van der Waals surface area contributed by atoms with Crippen LogP contribution < -0.4 is 25.0 Å². The number of aromatic nitrogens is 2. The van der Waals surface area contributed by atoms with Crippen molar-refractivity contribution in [1.29, 1.82) is 0 Å². The summed E-state index contributed by atoms with van der Waals surface area (Å²) in [5.41, 5.74) is 1.40. The van der Waals surface area contributed by atoms with Gasteiger partial charge in [0.15, 0.2) is 0 Å². The van der Waals surface area contributed by atoms with Crippen molar-refractivity contribution < 1.29 is 22.6 Å². The topological polar surface area (TPSA) is 71.5 Å². The van der Waals surface area contributed by atoms with Gasteiger partial charge in [0.1, 0.15) is 23.1 Å². The molecule has 1 fully saturated rings. The van der Waals surface area contributed by atoms with E-state index in [2.05, 4.69) is 30.2 Å². The second-order valence-corrected chi connectivity index (χ2v) is 7.18. The van der Waals surface area contributed by atoms with Gasteiger partial charge in [0.05, 0.1) is 7.11 Å². The molecule has 1 aromatic heterocycles. The van der Waals surface area contributed by atoms with E-state index in [4.69, 9.17) is 4.74 Å². The van der Waals surface area contributed by atoms with E-state index in [9.17, 15) is 13.2 Å². The van der Waals surface area contributed by atoms with Gasteiger partial charge in [-0.2, -0.15) is 9.97 Å². The highest BCUT2D eigenvalue weighted by Crippen LogP contribution is 2.28. The summed E-state index contributed by atoms with van der Waals surface area (Å²) < 4.78 is 46.2. The van der Waals surface area contributed by atoms with Gasteiger partial charge in [0.25, 0.3) is 0 Å². The molecule has 3 aromatic rings. The molecule has 0 radical (unpaired) electrons. The number of alkyl halides is 3. The second kappa shape index (κ2) is 9.21. The maximum Gasteiger partial charge on any atom is 0.573 e. The second-order valence-electron chi connectivity index (χ2n) is 7.18. The smallest absolute Gasteiger partial charge is 0.497 e. The highest BCUT2D eigenvalue weighted by atomic mass is 19.4. The fourth-order valence-corrected chi connectivity index (χ4v) is 3.33. The summed E-state index contributed by atoms with van der Waals surface area (Å²) in [7, 11) is 1.61. The average Bonchev–Trinajstić information content (AvgIpc) is 3.30. The fraction of sp³-hybridized carbons (Fsp3) is 0.273. The third kappa shape index (κ3) is 5.71. The van der Waals surface area contributed by atoms with Crippen molar-refractivity contribution in [2.75, 3.05) is 35.7 Å². The van der Waals surface area contributed by atoms with Crippen molar-refractivity contribution in [3.05, 3.63) is 54.6 Å². The summed E-state index contributed by atoms with van der Waals surface area (Å²) in [5.74, 6) is 2.15. The van der Waals surface area contributed by atoms with Crippen LogP contribution in [0.1, 0.15) is 12.8 Å². The molecule has 0 unspecified atom stereocenters. The summed E-state index contributed by atoms with van der Waals surface area (Å²) >= 11 is 0. The van der Waals surface area contributed by atoms with Gasteiger partial charge in [0, 0.05) is 30.5 Å². The van der Waals surface area contributed by atoms with E-state index >= 15 is 0 Å². The van der Waals surface area contributed by atoms with Crippen LogP contribution in [0.4, 0.5) is 42.1 Å². The summed E-state index contributed by atoms with van der Waals surface area (Å²) in [6, 6.07) is 14.7. The Labute approximate surface area is 183 Å². The molecule has 1 saturated heterocycles. The Kier molecular flexibility index (Phi) is 6.20. The highest BCUT2D eigenvalue weighted by Gasteiger charge is 2.31. The van der Waals surface area contributed by atoms with Crippen molar-refractivity contribution in [2.45, 2.75) is 19.2 Å². The standard InChI is InChI=1S/C22H22F3N5O2/c1-31-17-8-4-15(5-9-17)26-19-14-20(29-21(28-19)30-12-2-3-13-30)27-16-6-10-18(11-7-16)32-22(23,24)25/h4-11,14H,2-3,12-13H2,1H3,(H2,26,27,28,29). The van der Waals surface area contributed by atoms with E-state index in [0.29, 0.717) is 23.3 Å². The molecule has 0 atom stereocenters. The Morgan fingerprint density at radius 1 is 0.812 bits per heavy atom. The largest absolute Gasteiger partial charge is 0.573 e. The molecular formula is C22H22F3N5O2. The van der Waals surface area contributed by atoms with E-state index in [1.165, 1.54) is 24.3 Å². The van der Waals surface area contributed by atoms with Crippen LogP contribution in [-0.4, -0.2) is 36.5 Å². The molecule has 10 heteroatoms. The summed E-state index contributed by atoms with van der Waals surface area (Å²) in [6.07, 6.45) is -2.58. The first-order valence-corrected chi connectivity index (χ1v) is 10.1. The van der Waals surface area contributed by atoms with E-state index in [0.717, 1.165) is 37.4 Å². The Morgan fingerprint density at radius 3 is 1.78 bits per heavy atom. The lowest BCUT2D eigenvalue weighted by Gasteiger charge is -2.18. The number of hydrogen-bond donors (Lipinski definition) is 2. The van der Waals surface area contributed by atoms with Crippen molar-refractivity contribution in [3.63, 3.8) is 0 Å². The van der Waals surface area contributed by atoms with Gasteiger partial charge in [-0.3, -0.25) is 0 Å². The van der Waals surface area contributed by atoms with Crippen molar-refractivity contribution in [2.24, 2.45) is 0 Å². The van der Waals surface area contributed by atoms with Crippen LogP contribution in [0.5, 0.6) is 11.5 Å². The lowest BCUT2D eigenvalue weighted by atomic mass is 10.3. The van der Waals surface area contributed by atoms with Gasteiger partial charge in [-0.05, 0) is 61.4 Å². The number of anilines is 5. The quantitative estimate of drug-likeness (QED) is 0.500. The summed E-state index contributed by atoms with van der Waals surface area (Å²) in [4.78, 5) is 11.3. The molecule has 1 aliphatic heterocycles. The number of halogens is 3. The molecule has 0 saturated carbocycles. The first-order valence-electron chi connectivity index (χ1n) is 10.1. The molecular weight excluding hydrogens is 423 g/mol. The zero-order valence-electron chi connectivity index (χ0n) is 17.3. The monoisotopic (exact) mass is 445 g/mol. The molecule has 0 bridgehead atoms. The van der Waals surface area contributed by atoms with E-state index in [1.54, 1.807) is 13.2 Å². The summed E-state index contributed by atoms with van der Waals surface area (Å²) in [5, 5.41) is 6.39. The van der Waals surface area contributed by atoms with E-state index in [-0.39, 0.29) is 5.75 Å².